The van der Waals surface area contributed by atoms with Crippen molar-refractivity contribution in [2.24, 2.45) is 4.99 Å². The average molecular weight is 97.1 g/mol. The van der Waals surface area contributed by atoms with E-state index >= 15 is 0 Å². The van der Waals surface area contributed by atoms with Crippen LogP contribution in [0.15, 0.2) is 4.99 Å². The molecule has 0 N–H and O–H groups in total. The fraction of sp³-hybridized carbons (Fsp3) is 0.600. The number of rotatable bonds is 0. The van der Waals surface area contributed by atoms with Crippen LogP contribution in [-0.2, 0) is 0 Å². The van der Waals surface area contributed by atoms with Gasteiger partial charge in [0.25, 0.3) is 6.34 Å². The van der Waals surface area contributed by atoms with Crippen molar-refractivity contribution >= 4 is 12.6 Å². The predicted molar refractivity (Wildman–Crippen MR) is 30.2 cm³/mol. The van der Waals surface area contributed by atoms with Crippen molar-refractivity contribution in [1.29, 1.82) is 0 Å². The van der Waals surface area contributed by atoms with Gasteiger partial charge < -0.3 is 0 Å². The standard InChI is InChI=1S/C5H9N2/c1-5-3-7(2)4-6-5/h3-5H,1-2H3/q+1. The number of hydrogen-bond donors (Lipinski definition) is 0. The van der Waals surface area contributed by atoms with Gasteiger partial charge in [0.05, 0.1) is 7.05 Å². The van der Waals surface area contributed by atoms with Crippen LogP contribution in [0, 0.1) is 0 Å². The van der Waals surface area contributed by atoms with Gasteiger partial charge in [0.2, 0.25) is 0 Å². The molecule has 0 spiro atoms. The maximum absolute atomic E-state index is 4.06. The molecular weight excluding hydrogens is 88.1 g/mol. The maximum atomic E-state index is 4.06. The van der Waals surface area contributed by atoms with Gasteiger partial charge >= 0.3 is 0 Å². The number of aliphatic imine (C=N–C) groups is 1. The Balaban J connectivity index is 2.69. The Morgan fingerprint density at radius 3 is 2.57 bits per heavy atom. The van der Waals surface area contributed by atoms with Gasteiger partial charge in [-0.1, -0.05) is 4.99 Å². The first-order valence-corrected chi connectivity index (χ1v) is 2.39. The Labute approximate surface area is 43.2 Å². The van der Waals surface area contributed by atoms with Crippen LogP contribution in [0.2, 0.25) is 0 Å². The van der Waals surface area contributed by atoms with E-state index in [1.54, 1.807) is 0 Å². The van der Waals surface area contributed by atoms with Crippen molar-refractivity contribution in [2.45, 2.75) is 13.0 Å². The first-order valence-electron chi connectivity index (χ1n) is 2.39. The Hall–Kier alpha value is -0.660. The summed E-state index contributed by atoms with van der Waals surface area (Å²) in [7, 11) is 1.98. The Kier molecular flexibility index (Phi) is 0.929. The molecule has 0 aromatic carbocycles. The van der Waals surface area contributed by atoms with Gasteiger partial charge in [-0.05, 0) is 6.92 Å². The minimum absolute atomic E-state index is 0.394. The summed E-state index contributed by atoms with van der Waals surface area (Å²) in [6, 6.07) is 0.394. The highest BCUT2D eigenvalue weighted by Crippen LogP contribution is 1.87. The molecule has 0 aromatic heterocycles. The molecule has 0 saturated heterocycles. The normalized spacial score (nSPS) is 28.3. The average Bonchev–Trinajstić information content (AvgIpc) is 1.87. The lowest BCUT2D eigenvalue weighted by Gasteiger charge is -1.76. The minimum Gasteiger partial charge on any atom is -0.240 e. The first-order chi connectivity index (χ1) is 3.29. The van der Waals surface area contributed by atoms with E-state index in [0.717, 1.165) is 0 Å². The third-order valence-electron chi connectivity index (χ3n) is 0.935. The molecule has 0 aliphatic carbocycles. The Bertz CT molecular complexity index is 124. The predicted octanol–water partition coefficient (Wildman–Crippen LogP) is 0.130. The Morgan fingerprint density at radius 1 is 1.71 bits per heavy atom. The van der Waals surface area contributed by atoms with Crippen molar-refractivity contribution in [3.8, 4) is 0 Å². The van der Waals surface area contributed by atoms with Crippen LogP contribution in [0.1, 0.15) is 6.92 Å². The van der Waals surface area contributed by atoms with Crippen molar-refractivity contribution in [1.82, 2.24) is 0 Å². The molecule has 7 heavy (non-hydrogen) atoms. The van der Waals surface area contributed by atoms with Gasteiger partial charge in [-0.2, -0.15) is 0 Å². The third-order valence-corrected chi connectivity index (χ3v) is 0.935. The fourth-order valence-electron chi connectivity index (χ4n) is 0.628. The summed E-state index contributed by atoms with van der Waals surface area (Å²) in [4.78, 5) is 4.06. The molecule has 0 amide bonds. The van der Waals surface area contributed by atoms with E-state index in [2.05, 4.69) is 18.1 Å². The fourth-order valence-corrected chi connectivity index (χ4v) is 0.628. The zero-order valence-electron chi connectivity index (χ0n) is 4.63. The molecule has 0 radical (unpaired) electrons. The highest BCUT2D eigenvalue weighted by Gasteiger charge is 2.08. The van der Waals surface area contributed by atoms with E-state index in [1.807, 2.05) is 18.0 Å². The minimum atomic E-state index is 0.394. The highest BCUT2D eigenvalue weighted by atomic mass is 15.1. The van der Waals surface area contributed by atoms with Crippen LogP contribution in [0.4, 0.5) is 0 Å². The van der Waals surface area contributed by atoms with Crippen molar-refractivity contribution < 1.29 is 4.58 Å². The monoisotopic (exact) mass is 97.1 g/mol. The number of nitrogens with zero attached hydrogens (tertiary/aromatic N) is 2. The van der Waals surface area contributed by atoms with Gasteiger partial charge in [0.15, 0.2) is 6.04 Å². The summed E-state index contributed by atoms with van der Waals surface area (Å²) >= 11 is 0. The first kappa shape index (κ1) is 4.50. The second-order valence-electron chi connectivity index (χ2n) is 1.82. The molecule has 0 saturated carbocycles. The molecule has 1 heterocycles. The summed E-state index contributed by atoms with van der Waals surface area (Å²) in [6.45, 7) is 2.06. The third kappa shape index (κ3) is 0.856. The molecule has 0 bridgehead atoms. The molecule has 1 rings (SSSR count). The zero-order chi connectivity index (χ0) is 5.28. The summed E-state index contributed by atoms with van der Waals surface area (Å²) < 4.78 is 1.96. The van der Waals surface area contributed by atoms with E-state index in [4.69, 9.17) is 0 Å². The quantitative estimate of drug-likeness (QED) is 0.382. The van der Waals surface area contributed by atoms with E-state index in [9.17, 15) is 0 Å². The van der Waals surface area contributed by atoms with E-state index in [1.165, 1.54) is 0 Å². The molecule has 1 aliphatic heterocycles. The molecule has 1 unspecified atom stereocenters. The van der Waals surface area contributed by atoms with Gasteiger partial charge in [-0.3, -0.25) is 0 Å². The molecule has 2 nitrogen and oxygen atoms in total. The van der Waals surface area contributed by atoms with Crippen molar-refractivity contribution in [2.75, 3.05) is 7.05 Å². The van der Waals surface area contributed by atoms with Crippen LogP contribution >= 0.6 is 0 Å². The summed E-state index contributed by atoms with van der Waals surface area (Å²) in [5.41, 5.74) is 0. The topological polar surface area (TPSA) is 15.4 Å². The summed E-state index contributed by atoms with van der Waals surface area (Å²) in [6.07, 6.45) is 3.88. The van der Waals surface area contributed by atoms with Crippen LogP contribution in [0.5, 0.6) is 0 Å². The maximum Gasteiger partial charge on any atom is 0.280 e. The van der Waals surface area contributed by atoms with Crippen LogP contribution in [-0.4, -0.2) is 30.2 Å². The van der Waals surface area contributed by atoms with Crippen LogP contribution < -0.4 is 0 Å². The molecule has 0 aromatic rings. The molecular formula is C5H9N2+. The Morgan fingerprint density at radius 2 is 2.43 bits per heavy atom. The molecule has 1 aliphatic rings. The van der Waals surface area contributed by atoms with Crippen molar-refractivity contribution in [3.05, 3.63) is 0 Å². The SMILES string of the molecule is CC1C=[N+](C)C=N1. The number of hydrogen-bond acceptors (Lipinski definition) is 1. The lowest BCUT2D eigenvalue weighted by Crippen LogP contribution is -2.01. The van der Waals surface area contributed by atoms with Gasteiger partial charge in [-0.15, -0.1) is 0 Å². The molecule has 38 valence electrons. The molecule has 0 fully saturated rings. The highest BCUT2D eigenvalue weighted by molar-refractivity contribution is 5.70. The van der Waals surface area contributed by atoms with Crippen LogP contribution in [0.25, 0.3) is 0 Å². The lowest BCUT2D eigenvalue weighted by molar-refractivity contribution is -0.351. The van der Waals surface area contributed by atoms with Gasteiger partial charge in [-0.25, -0.2) is 4.58 Å². The second-order valence-corrected chi connectivity index (χ2v) is 1.82. The summed E-state index contributed by atoms with van der Waals surface area (Å²) in [5.74, 6) is 0. The second kappa shape index (κ2) is 1.45. The lowest BCUT2D eigenvalue weighted by atomic mass is 10.4. The van der Waals surface area contributed by atoms with Gasteiger partial charge in [0.1, 0.15) is 6.21 Å². The smallest absolute Gasteiger partial charge is 0.240 e. The van der Waals surface area contributed by atoms with Gasteiger partial charge in [0, 0.05) is 0 Å². The molecule has 2 heteroatoms. The zero-order valence-corrected chi connectivity index (χ0v) is 4.63. The largest absolute Gasteiger partial charge is 0.280 e. The summed E-state index contributed by atoms with van der Waals surface area (Å²) in [5, 5.41) is 0. The van der Waals surface area contributed by atoms with Crippen LogP contribution in [0.3, 0.4) is 0 Å². The van der Waals surface area contributed by atoms with E-state index in [-0.39, 0.29) is 0 Å². The van der Waals surface area contributed by atoms with E-state index < -0.39 is 0 Å². The van der Waals surface area contributed by atoms with Crippen molar-refractivity contribution in [3.63, 3.8) is 0 Å². The van der Waals surface area contributed by atoms with E-state index in [0.29, 0.717) is 6.04 Å². The molecule has 1 atom stereocenters.